The van der Waals surface area contributed by atoms with Crippen LogP contribution in [0.1, 0.15) is 23.6 Å². The predicted octanol–water partition coefficient (Wildman–Crippen LogP) is 4.91. The van der Waals surface area contributed by atoms with Gasteiger partial charge >= 0.3 is 6.18 Å². The fourth-order valence-electron chi connectivity index (χ4n) is 2.79. The molecule has 0 spiro atoms. The Morgan fingerprint density at radius 2 is 1.83 bits per heavy atom. The molecule has 0 aliphatic heterocycles. The fourth-order valence-corrected chi connectivity index (χ4v) is 3.68. The van der Waals surface area contributed by atoms with Crippen molar-refractivity contribution in [3.05, 3.63) is 57.3 Å². The zero-order valence-electron chi connectivity index (χ0n) is 15.7. The van der Waals surface area contributed by atoms with Gasteiger partial charge in [-0.2, -0.15) is 33.4 Å². The molecule has 0 saturated carbocycles. The van der Waals surface area contributed by atoms with Crippen LogP contribution in [0.2, 0.25) is 0 Å². The number of alkyl halides is 3. The maximum absolute atomic E-state index is 14.3. The second-order valence-electron chi connectivity index (χ2n) is 6.89. The number of nitrogens with one attached hydrogen (secondary N) is 1. The molecule has 5 nitrogen and oxygen atoms in total. The van der Waals surface area contributed by atoms with E-state index in [9.17, 15) is 22.8 Å². The van der Waals surface area contributed by atoms with Crippen molar-refractivity contribution in [2.75, 3.05) is 0 Å². The van der Waals surface area contributed by atoms with Crippen LogP contribution in [-0.4, -0.2) is 25.5 Å². The monoisotopic (exact) mass is 499 g/mol. The van der Waals surface area contributed by atoms with Crippen molar-refractivity contribution >= 4 is 44.2 Å². The van der Waals surface area contributed by atoms with Gasteiger partial charge in [-0.05, 0) is 53.5 Å². The maximum atomic E-state index is 14.3. The van der Waals surface area contributed by atoms with Crippen LogP contribution in [0, 0.1) is 24.1 Å². The van der Waals surface area contributed by atoms with Crippen LogP contribution in [0.5, 0.6) is 0 Å². The van der Waals surface area contributed by atoms with Crippen LogP contribution in [-0.2, 0) is 12.7 Å². The molecule has 3 rings (SSSR count). The lowest BCUT2D eigenvalue weighted by Gasteiger charge is -2.24. The molecule has 0 radical (unpaired) electrons. The van der Waals surface area contributed by atoms with Gasteiger partial charge in [-0.15, -0.1) is 0 Å². The van der Waals surface area contributed by atoms with Gasteiger partial charge in [-0.3, -0.25) is 0 Å². The highest BCUT2D eigenvalue weighted by Gasteiger charge is 2.31. The topological polar surface area (TPSA) is 66.5 Å². The highest BCUT2D eigenvalue weighted by atomic mass is 79.9. The smallest absolute Gasteiger partial charge is 0.357 e. The summed E-state index contributed by atoms with van der Waals surface area (Å²) in [5.74, 6) is -0.561. The molecule has 0 amide bonds. The molecular formula is C19H14BrF4N5S. The molecular weight excluding hydrogens is 486 g/mol. The summed E-state index contributed by atoms with van der Waals surface area (Å²) < 4.78 is 52.7. The van der Waals surface area contributed by atoms with E-state index in [0.717, 1.165) is 12.1 Å². The Hall–Kier alpha value is -2.58. The Balaban J connectivity index is 1.83. The van der Waals surface area contributed by atoms with Crippen LogP contribution in [0.25, 0.3) is 11.0 Å². The average Bonchev–Trinajstić information content (AvgIpc) is 3.09. The van der Waals surface area contributed by atoms with E-state index >= 15 is 0 Å². The number of hydrogen-bond acceptors (Lipinski definition) is 4. The van der Waals surface area contributed by atoms with E-state index in [4.69, 9.17) is 12.2 Å². The molecule has 1 N–H and O–H groups in total. The quantitative estimate of drug-likeness (QED) is 0.408. The van der Waals surface area contributed by atoms with Crippen molar-refractivity contribution in [2.45, 2.75) is 32.1 Å². The summed E-state index contributed by atoms with van der Waals surface area (Å²) in [5, 5.41) is 20.9. The van der Waals surface area contributed by atoms with Crippen molar-refractivity contribution in [1.82, 2.24) is 20.3 Å². The molecule has 0 fully saturated rings. The number of fused-ring (bicyclic) bond motifs is 1. The van der Waals surface area contributed by atoms with E-state index in [1.54, 1.807) is 13.0 Å². The fraction of sp³-hybridized carbons (Fsp3) is 0.263. The van der Waals surface area contributed by atoms with Gasteiger partial charge in [0.25, 0.3) is 0 Å². The molecule has 3 aromatic rings. The normalized spacial score (nSPS) is 13.7. The van der Waals surface area contributed by atoms with Gasteiger partial charge in [0.15, 0.2) is 5.82 Å². The Morgan fingerprint density at radius 3 is 2.40 bits per heavy atom. The Morgan fingerprint density at radius 1 is 1.23 bits per heavy atom. The summed E-state index contributed by atoms with van der Waals surface area (Å²) >= 11 is 8.37. The standard InChI is InChI=1S/C19H14BrF4N5S/c1-10-7-13(20)14(21)16-15(10)27-29(28-16)9-18(2,8-25)26-17(30)11-3-5-12(6-4-11)19(22,23)24/h3-7H,9H2,1-2H3,(H,26,30). The molecule has 1 heterocycles. The van der Waals surface area contributed by atoms with Crippen molar-refractivity contribution in [1.29, 1.82) is 5.26 Å². The predicted molar refractivity (Wildman–Crippen MR) is 110 cm³/mol. The number of thiocarbonyl (C=S) groups is 1. The van der Waals surface area contributed by atoms with E-state index in [2.05, 4.69) is 37.5 Å². The number of aryl methyl sites for hydroxylation is 1. The Bertz CT molecular complexity index is 1170. The molecule has 1 atom stereocenters. The lowest BCUT2D eigenvalue weighted by atomic mass is 10.0. The van der Waals surface area contributed by atoms with E-state index in [-0.39, 0.29) is 21.5 Å². The van der Waals surface area contributed by atoms with E-state index in [1.165, 1.54) is 23.9 Å². The summed E-state index contributed by atoms with van der Waals surface area (Å²) in [4.78, 5) is 1.29. The van der Waals surface area contributed by atoms with Gasteiger partial charge in [0.1, 0.15) is 21.6 Å². The van der Waals surface area contributed by atoms with Gasteiger partial charge in [0.05, 0.1) is 22.7 Å². The first-order valence-electron chi connectivity index (χ1n) is 8.54. The number of benzene rings is 2. The van der Waals surface area contributed by atoms with Gasteiger partial charge in [-0.1, -0.05) is 24.4 Å². The lowest BCUT2D eigenvalue weighted by molar-refractivity contribution is -0.137. The second kappa shape index (κ2) is 7.92. The maximum Gasteiger partial charge on any atom is 0.416 e. The molecule has 30 heavy (non-hydrogen) atoms. The van der Waals surface area contributed by atoms with Crippen molar-refractivity contribution in [3.8, 4) is 6.07 Å². The third-order valence-corrected chi connectivity index (χ3v) is 5.27. The van der Waals surface area contributed by atoms with Crippen molar-refractivity contribution in [3.63, 3.8) is 0 Å². The van der Waals surface area contributed by atoms with E-state index < -0.39 is 23.1 Å². The minimum Gasteiger partial charge on any atom is -0.357 e. The first-order chi connectivity index (χ1) is 13.9. The number of nitrogens with zero attached hydrogens (tertiary/aromatic N) is 4. The minimum absolute atomic E-state index is 0.0625. The van der Waals surface area contributed by atoms with Crippen LogP contribution in [0.3, 0.4) is 0 Å². The molecule has 0 aliphatic carbocycles. The average molecular weight is 500 g/mol. The number of rotatable bonds is 4. The van der Waals surface area contributed by atoms with E-state index in [0.29, 0.717) is 16.6 Å². The zero-order valence-corrected chi connectivity index (χ0v) is 18.1. The zero-order chi connectivity index (χ0) is 22.3. The van der Waals surface area contributed by atoms with Crippen molar-refractivity contribution in [2.24, 2.45) is 0 Å². The molecule has 0 aliphatic rings. The Labute approximate surface area is 182 Å². The van der Waals surface area contributed by atoms with Crippen LogP contribution in [0.15, 0.2) is 34.8 Å². The summed E-state index contributed by atoms with van der Waals surface area (Å²) in [6.07, 6.45) is -4.45. The number of nitriles is 1. The third kappa shape index (κ3) is 4.44. The van der Waals surface area contributed by atoms with E-state index in [1.807, 2.05) is 0 Å². The molecule has 0 bridgehead atoms. The number of hydrogen-bond donors (Lipinski definition) is 1. The molecule has 11 heteroatoms. The third-order valence-electron chi connectivity index (χ3n) is 4.36. The number of halogens is 5. The minimum atomic E-state index is -4.45. The largest absolute Gasteiger partial charge is 0.416 e. The second-order valence-corrected chi connectivity index (χ2v) is 8.15. The first-order valence-corrected chi connectivity index (χ1v) is 9.74. The Kier molecular flexibility index (Phi) is 5.84. The number of aromatic nitrogens is 3. The van der Waals surface area contributed by atoms with Gasteiger partial charge in [0.2, 0.25) is 0 Å². The van der Waals surface area contributed by atoms with Gasteiger partial charge < -0.3 is 5.32 Å². The van der Waals surface area contributed by atoms with Gasteiger partial charge in [-0.25, -0.2) is 4.39 Å². The SMILES string of the molecule is Cc1cc(Br)c(F)c2nn(CC(C)(C#N)NC(=S)c3ccc(C(F)(F)F)cc3)nc12. The van der Waals surface area contributed by atoms with Crippen molar-refractivity contribution < 1.29 is 17.6 Å². The molecule has 0 saturated heterocycles. The van der Waals surface area contributed by atoms with Gasteiger partial charge in [0, 0.05) is 5.56 Å². The summed E-state index contributed by atoms with van der Waals surface area (Å²) in [7, 11) is 0. The molecule has 2 aromatic carbocycles. The molecule has 1 unspecified atom stereocenters. The lowest BCUT2D eigenvalue weighted by Crippen LogP contribution is -2.48. The van der Waals surface area contributed by atoms with Crippen LogP contribution < -0.4 is 5.32 Å². The first kappa shape index (κ1) is 22.1. The summed E-state index contributed by atoms with van der Waals surface area (Å²) in [6, 6.07) is 7.93. The summed E-state index contributed by atoms with van der Waals surface area (Å²) in [6.45, 7) is 3.22. The van der Waals surface area contributed by atoms with Crippen LogP contribution in [0.4, 0.5) is 17.6 Å². The molecule has 156 valence electrons. The molecule has 1 aromatic heterocycles. The highest BCUT2D eigenvalue weighted by molar-refractivity contribution is 9.10. The highest BCUT2D eigenvalue weighted by Crippen LogP contribution is 2.29. The summed E-state index contributed by atoms with van der Waals surface area (Å²) in [5.41, 5.74) is -0.640. The van der Waals surface area contributed by atoms with Crippen LogP contribution >= 0.6 is 28.1 Å².